The number of esters is 1. The van der Waals surface area contributed by atoms with Gasteiger partial charge in [0.05, 0.1) is 5.54 Å². The number of aryl methyl sites for hydroxylation is 1. The second-order valence-corrected chi connectivity index (χ2v) is 5.48. The van der Waals surface area contributed by atoms with Gasteiger partial charge in [-0.1, -0.05) is 43.7 Å². The first-order valence-electron chi connectivity index (χ1n) is 7.43. The van der Waals surface area contributed by atoms with Gasteiger partial charge < -0.3 is 10.1 Å². The summed E-state index contributed by atoms with van der Waals surface area (Å²) < 4.78 is 5.20. The Morgan fingerprint density at radius 1 is 1.14 bits per heavy atom. The molecule has 0 aliphatic carbocycles. The highest BCUT2D eigenvalue weighted by Gasteiger charge is 2.31. The van der Waals surface area contributed by atoms with E-state index in [1.807, 2.05) is 18.2 Å². The average Bonchev–Trinajstić information content (AvgIpc) is 2.44. The smallest absolute Gasteiger partial charge is 0.302 e. The van der Waals surface area contributed by atoms with Crippen molar-refractivity contribution < 1.29 is 14.3 Å². The first-order chi connectivity index (χ1) is 9.97. The average molecular weight is 291 g/mol. The lowest BCUT2D eigenvalue weighted by Gasteiger charge is -2.34. The topological polar surface area (TPSA) is 55.4 Å². The Labute approximate surface area is 126 Å². The summed E-state index contributed by atoms with van der Waals surface area (Å²) in [6.45, 7) is 5.18. The number of rotatable bonds is 8. The van der Waals surface area contributed by atoms with E-state index in [9.17, 15) is 9.59 Å². The fraction of sp³-hybridized carbons (Fsp3) is 0.529. The molecular formula is C17H25NO3. The lowest BCUT2D eigenvalue weighted by atomic mass is 9.87. The summed E-state index contributed by atoms with van der Waals surface area (Å²) in [4.78, 5) is 22.7. The Morgan fingerprint density at radius 2 is 1.81 bits per heavy atom. The summed E-state index contributed by atoms with van der Waals surface area (Å²) in [7, 11) is 0. The molecule has 0 fully saturated rings. The summed E-state index contributed by atoms with van der Waals surface area (Å²) in [6, 6.07) is 10.1. The highest BCUT2D eigenvalue weighted by atomic mass is 16.5. The minimum atomic E-state index is -0.484. The number of carbonyl (C=O) groups excluding carboxylic acids is 2. The van der Waals surface area contributed by atoms with Crippen LogP contribution in [0.2, 0.25) is 0 Å². The maximum atomic E-state index is 11.5. The fourth-order valence-corrected chi connectivity index (χ4v) is 2.55. The van der Waals surface area contributed by atoms with Gasteiger partial charge in [-0.2, -0.15) is 0 Å². The largest absolute Gasteiger partial charge is 0.463 e. The quantitative estimate of drug-likeness (QED) is 0.749. The van der Waals surface area contributed by atoms with Crippen LogP contribution >= 0.6 is 0 Å². The molecule has 1 atom stereocenters. The molecule has 0 bridgehead atoms. The van der Waals surface area contributed by atoms with Crippen molar-refractivity contribution in [2.75, 3.05) is 6.61 Å². The van der Waals surface area contributed by atoms with Gasteiger partial charge in [0.25, 0.3) is 0 Å². The molecule has 0 radical (unpaired) electrons. The molecule has 0 saturated carbocycles. The minimum absolute atomic E-state index is 0.0938. The molecule has 0 spiro atoms. The van der Waals surface area contributed by atoms with E-state index >= 15 is 0 Å². The second-order valence-electron chi connectivity index (χ2n) is 5.48. The van der Waals surface area contributed by atoms with Gasteiger partial charge in [-0.15, -0.1) is 0 Å². The van der Waals surface area contributed by atoms with Gasteiger partial charge in [0.2, 0.25) is 5.91 Å². The van der Waals surface area contributed by atoms with Crippen molar-refractivity contribution in [3.8, 4) is 0 Å². The van der Waals surface area contributed by atoms with Crippen LogP contribution in [-0.4, -0.2) is 24.0 Å². The Balaban J connectivity index is 2.80. The van der Waals surface area contributed by atoms with Crippen molar-refractivity contribution in [3.05, 3.63) is 35.9 Å². The summed E-state index contributed by atoms with van der Waals surface area (Å²) in [5, 5.41) is 3.00. The molecule has 1 aromatic rings. The van der Waals surface area contributed by atoms with Gasteiger partial charge in [-0.3, -0.25) is 9.59 Å². The first kappa shape index (κ1) is 17.2. The monoisotopic (exact) mass is 291 g/mol. The third-order valence-corrected chi connectivity index (χ3v) is 3.46. The molecule has 0 heterocycles. The maximum absolute atomic E-state index is 11.5. The number of nitrogens with one attached hydrogen (secondary N) is 1. The summed E-state index contributed by atoms with van der Waals surface area (Å²) in [5.41, 5.74) is 0.730. The number of benzene rings is 1. The van der Waals surface area contributed by atoms with Crippen molar-refractivity contribution >= 4 is 11.9 Å². The summed E-state index contributed by atoms with van der Waals surface area (Å²) >= 11 is 0. The zero-order valence-corrected chi connectivity index (χ0v) is 13.1. The predicted octanol–water partition coefficient (Wildman–Crippen LogP) is 2.86. The molecule has 4 nitrogen and oxygen atoms in total. The van der Waals surface area contributed by atoms with E-state index in [0.717, 1.165) is 25.7 Å². The second kappa shape index (κ2) is 8.45. The SMILES string of the molecule is CCCC(CCc1ccccc1)(COC(C)=O)NC(C)=O. The molecule has 1 unspecified atom stereocenters. The molecule has 0 aromatic heterocycles. The van der Waals surface area contributed by atoms with Crippen LogP contribution in [0.15, 0.2) is 30.3 Å². The van der Waals surface area contributed by atoms with Gasteiger partial charge in [-0.05, 0) is 24.8 Å². The summed E-state index contributed by atoms with van der Waals surface area (Å²) in [5.74, 6) is -0.413. The molecule has 1 rings (SSSR count). The number of amides is 1. The highest BCUT2D eigenvalue weighted by Crippen LogP contribution is 2.21. The number of carbonyl (C=O) groups is 2. The van der Waals surface area contributed by atoms with Crippen molar-refractivity contribution in [1.29, 1.82) is 0 Å². The van der Waals surface area contributed by atoms with Gasteiger partial charge in [0, 0.05) is 13.8 Å². The van der Waals surface area contributed by atoms with Gasteiger partial charge in [0.1, 0.15) is 6.61 Å². The Bertz CT molecular complexity index is 458. The van der Waals surface area contributed by atoms with Gasteiger partial charge >= 0.3 is 5.97 Å². The lowest BCUT2D eigenvalue weighted by molar-refractivity contribution is -0.144. The van der Waals surface area contributed by atoms with Gasteiger partial charge in [0.15, 0.2) is 0 Å². The molecule has 0 aliphatic heterocycles. The van der Waals surface area contributed by atoms with E-state index in [2.05, 4.69) is 24.4 Å². The van der Waals surface area contributed by atoms with Crippen LogP contribution < -0.4 is 5.32 Å². The molecule has 21 heavy (non-hydrogen) atoms. The number of hydrogen-bond acceptors (Lipinski definition) is 3. The van der Waals surface area contributed by atoms with Crippen LogP contribution in [0.1, 0.15) is 45.6 Å². The lowest BCUT2D eigenvalue weighted by Crippen LogP contribution is -2.51. The van der Waals surface area contributed by atoms with E-state index in [0.29, 0.717) is 0 Å². The maximum Gasteiger partial charge on any atom is 0.302 e. The van der Waals surface area contributed by atoms with Crippen LogP contribution in [0.5, 0.6) is 0 Å². The minimum Gasteiger partial charge on any atom is -0.463 e. The highest BCUT2D eigenvalue weighted by molar-refractivity contribution is 5.74. The van der Waals surface area contributed by atoms with E-state index in [1.165, 1.54) is 19.4 Å². The van der Waals surface area contributed by atoms with E-state index in [-0.39, 0.29) is 18.5 Å². The van der Waals surface area contributed by atoms with E-state index in [4.69, 9.17) is 4.74 Å². The van der Waals surface area contributed by atoms with Crippen LogP contribution in [0, 0.1) is 0 Å². The van der Waals surface area contributed by atoms with Crippen LogP contribution in [0.4, 0.5) is 0 Å². The Kier molecular flexibility index (Phi) is 6.92. The Morgan fingerprint density at radius 3 is 2.33 bits per heavy atom. The van der Waals surface area contributed by atoms with E-state index in [1.54, 1.807) is 0 Å². The Hall–Kier alpha value is -1.84. The van der Waals surface area contributed by atoms with Crippen molar-refractivity contribution in [2.24, 2.45) is 0 Å². The molecule has 0 saturated heterocycles. The molecule has 116 valence electrons. The van der Waals surface area contributed by atoms with Crippen LogP contribution in [-0.2, 0) is 20.7 Å². The van der Waals surface area contributed by atoms with Crippen LogP contribution in [0.3, 0.4) is 0 Å². The molecule has 1 aromatic carbocycles. The standard InChI is InChI=1S/C17H25NO3/c1-4-11-17(18-14(2)19,13-21-15(3)20)12-10-16-8-6-5-7-9-16/h5-9H,4,10-13H2,1-3H3,(H,18,19). The van der Waals surface area contributed by atoms with Crippen molar-refractivity contribution in [1.82, 2.24) is 5.32 Å². The summed E-state index contributed by atoms with van der Waals surface area (Å²) in [6.07, 6.45) is 3.28. The number of hydrogen-bond donors (Lipinski definition) is 1. The van der Waals surface area contributed by atoms with Crippen molar-refractivity contribution in [3.63, 3.8) is 0 Å². The fourth-order valence-electron chi connectivity index (χ4n) is 2.55. The number of ether oxygens (including phenoxy) is 1. The first-order valence-corrected chi connectivity index (χ1v) is 7.43. The molecule has 1 amide bonds. The van der Waals surface area contributed by atoms with E-state index < -0.39 is 5.54 Å². The zero-order valence-electron chi connectivity index (χ0n) is 13.1. The molecule has 4 heteroatoms. The third-order valence-electron chi connectivity index (χ3n) is 3.46. The van der Waals surface area contributed by atoms with Crippen molar-refractivity contribution in [2.45, 2.75) is 52.0 Å². The predicted molar refractivity (Wildman–Crippen MR) is 82.9 cm³/mol. The molecule has 1 N–H and O–H groups in total. The third kappa shape index (κ3) is 6.43. The zero-order chi connectivity index (χ0) is 15.7. The molecular weight excluding hydrogens is 266 g/mol. The van der Waals surface area contributed by atoms with Crippen LogP contribution in [0.25, 0.3) is 0 Å². The molecule has 0 aliphatic rings. The van der Waals surface area contributed by atoms with Gasteiger partial charge in [-0.25, -0.2) is 0 Å². The normalized spacial score (nSPS) is 13.3.